The normalized spacial score (nSPS) is 13.9. The minimum absolute atomic E-state index is 0.0298. The third-order valence-electron chi connectivity index (χ3n) is 3.94. The topological polar surface area (TPSA) is 96.0 Å². The predicted molar refractivity (Wildman–Crippen MR) is 123 cm³/mol. The Morgan fingerprint density at radius 1 is 0.812 bits per heavy atom. The van der Waals surface area contributed by atoms with Crippen LogP contribution in [0.4, 0.5) is 0 Å². The maximum absolute atomic E-state index is 11.5. The summed E-state index contributed by atoms with van der Waals surface area (Å²) in [6.07, 6.45) is 18.5. The highest BCUT2D eigenvalue weighted by Crippen LogP contribution is 2.10. The summed E-state index contributed by atoms with van der Waals surface area (Å²) in [5, 5.41) is 0. The highest BCUT2D eigenvalue weighted by Gasteiger charge is 2.22. The van der Waals surface area contributed by atoms with Crippen molar-refractivity contribution >= 4 is 23.7 Å². The smallest absolute Gasteiger partial charge is 0.305 e. The first-order valence-corrected chi connectivity index (χ1v) is 10.6. The fourth-order valence-corrected chi connectivity index (χ4v) is 2.36. The minimum atomic E-state index is -0.836. The van der Waals surface area contributed by atoms with Gasteiger partial charge < -0.3 is 14.2 Å². The lowest BCUT2D eigenvalue weighted by Crippen LogP contribution is -2.31. The molecule has 7 heteroatoms. The van der Waals surface area contributed by atoms with Crippen molar-refractivity contribution in [2.45, 2.75) is 65.1 Å². The average Bonchev–Trinajstić information content (AvgIpc) is 2.75. The van der Waals surface area contributed by atoms with Crippen LogP contribution >= 0.6 is 0 Å². The minimum Gasteiger partial charge on any atom is -0.469 e. The van der Waals surface area contributed by atoms with Crippen molar-refractivity contribution in [2.24, 2.45) is 0 Å². The van der Waals surface area contributed by atoms with Gasteiger partial charge in [0.25, 0.3) is 0 Å². The lowest BCUT2D eigenvalue weighted by Gasteiger charge is -2.21. The van der Waals surface area contributed by atoms with Gasteiger partial charge in [-0.15, -0.1) is 0 Å². The molecule has 0 bridgehead atoms. The van der Waals surface area contributed by atoms with Gasteiger partial charge in [-0.1, -0.05) is 49.5 Å². The Morgan fingerprint density at radius 2 is 1.41 bits per heavy atom. The number of esters is 3. The van der Waals surface area contributed by atoms with Gasteiger partial charge in [-0.3, -0.25) is 19.2 Å². The van der Waals surface area contributed by atoms with Gasteiger partial charge in [0.15, 0.2) is 18.0 Å². The highest BCUT2D eigenvalue weighted by atomic mass is 16.6. The molecule has 0 aliphatic rings. The largest absolute Gasteiger partial charge is 0.469 e. The molecular weight excluding hydrogens is 412 g/mol. The van der Waals surface area contributed by atoms with Gasteiger partial charge >= 0.3 is 17.9 Å². The number of ether oxygens (including phenoxy) is 3. The van der Waals surface area contributed by atoms with Gasteiger partial charge in [-0.2, -0.15) is 0 Å². The Morgan fingerprint density at radius 3 is 1.94 bits per heavy atom. The highest BCUT2D eigenvalue weighted by molar-refractivity contribution is 5.89. The molecule has 0 aliphatic heterocycles. The molecule has 0 fully saturated rings. The molecule has 0 aromatic rings. The molecule has 32 heavy (non-hydrogen) atoms. The standard InChI is InChI=1S/C25H34O7/c1-5-22(28)16-14-15-18-24(32-21(3)27)23(31-20(2)26)17-12-10-8-6-7-9-11-13-19-25(29)30-4/h7-10,12,14-18,23-24H,5-6,11,13,19H2,1-4H3/b9-7-,10-8-,16-14+,17-12+,18-15-/t23-,24+/m1/s1. The van der Waals surface area contributed by atoms with Gasteiger partial charge in [-0.05, 0) is 37.5 Å². The number of carbonyl (C=O) groups is 4. The van der Waals surface area contributed by atoms with Crippen molar-refractivity contribution < 1.29 is 33.4 Å². The van der Waals surface area contributed by atoms with Crippen LogP contribution in [0.3, 0.4) is 0 Å². The first-order chi connectivity index (χ1) is 15.3. The van der Waals surface area contributed by atoms with Gasteiger partial charge in [0, 0.05) is 26.7 Å². The second kappa shape index (κ2) is 18.5. The number of hydrogen-bond donors (Lipinski definition) is 0. The van der Waals surface area contributed by atoms with Crippen LogP contribution < -0.4 is 0 Å². The number of carbonyl (C=O) groups excluding carboxylic acids is 4. The molecule has 0 rings (SSSR count). The van der Waals surface area contributed by atoms with E-state index in [0.717, 1.165) is 12.8 Å². The van der Waals surface area contributed by atoms with E-state index in [1.807, 2.05) is 18.2 Å². The van der Waals surface area contributed by atoms with E-state index in [9.17, 15) is 19.2 Å². The molecule has 0 aromatic carbocycles. The van der Waals surface area contributed by atoms with E-state index in [0.29, 0.717) is 19.3 Å². The molecule has 0 radical (unpaired) electrons. The lowest BCUT2D eigenvalue weighted by molar-refractivity contribution is -0.158. The summed E-state index contributed by atoms with van der Waals surface area (Å²) in [6.45, 7) is 4.30. The second-order valence-corrected chi connectivity index (χ2v) is 6.70. The fourth-order valence-electron chi connectivity index (χ4n) is 2.36. The second-order valence-electron chi connectivity index (χ2n) is 6.70. The van der Waals surface area contributed by atoms with E-state index in [-0.39, 0.29) is 11.8 Å². The zero-order valence-electron chi connectivity index (χ0n) is 19.3. The summed E-state index contributed by atoms with van der Waals surface area (Å²) in [5.41, 5.74) is 0. The Kier molecular flexibility index (Phi) is 16.7. The van der Waals surface area contributed by atoms with Crippen LogP contribution in [-0.2, 0) is 33.4 Å². The number of ketones is 1. The van der Waals surface area contributed by atoms with Crippen LogP contribution in [0.25, 0.3) is 0 Å². The number of hydrogen-bond acceptors (Lipinski definition) is 7. The quantitative estimate of drug-likeness (QED) is 0.0922. The van der Waals surface area contributed by atoms with Gasteiger partial charge in [0.2, 0.25) is 0 Å². The van der Waals surface area contributed by atoms with E-state index in [1.165, 1.54) is 27.0 Å². The SMILES string of the molecule is CCC(=O)/C=C/C=C\[C@H](OC(C)=O)[C@@H](/C=C/C=C\C/C=C\CCCC(=O)OC)OC(C)=O. The summed E-state index contributed by atoms with van der Waals surface area (Å²) < 4.78 is 15.1. The first-order valence-electron chi connectivity index (χ1n) is 10.6. The molecule has 176 valence electrons. The van der Waals surface area contributed by atoms with Gasteiger partial charge in [-0.25, -0.2) is 0 Å². The molecule has 0 saturated heterocycles. The van der Waals surface area contributed by atoms with Crippen molar-refractivity contribution in [2.75, 3.05) is 7.11 Å². The Balaban J connectivity index is 4.91. The van der Waals surface area contributed by atoms with Crippen molar-refractivity contribution in [3.8, 4) is 0 Å². The van der Waals surface area contributed by atoms with E-state index in [1.54, 1.807) is 43.4 Å². The average molecular weight is 447 g/mol. The molecule has 0 saturated carbocycles. The Labute approximate surface area is 190 Å². The van der Waals surface area contributed by atoms with E-state index >= 15 is 0 Å². The van der Waals surface area contributed by atoms with E-state index < -0.39 is 24.1 Å². The fraction of sp³-hybridized carbons (Fsp3) is 0.440. The number of rotatable bonds is 15. The van der Waals surface area contributed by atoms with Crippen LogP contribution in [0.5, 0.6) is 0 Å². The van der Waals surface area contributed by atoms with Crippen molar-refractivity contribution in [1.29, 1.82) is 0 Å². The molecule has 2 atom stereocenters. The number of methoxy groups -OCH3 is 1. The van der Waals surface area contributed by atoms with Crippen LogP contribution in [0.1, 0.15) is 52.9 Å². The van der Waals surface area contributed by atoms with Crippen molar-refractivity contribution in [3.05, 3.63) is 60.8 Å². The molecule has 0 aromatic heterocycles. The zero-order chi connectivity index (χ0) is 24.2. The van der Waals surface area contributed by atoms with Crippen LogP contribution in [0.2, 0.25) is 0 Å². The Bertz CT molecular complexity index is 741. The van der Waals surface area contributed by atoms with Crippen LogP contribution in [0.15, 0.2) is 60.8 Å². The van der Waals surface area contributed by atoms with Gasteiger partial charge in [0.05, 0.1) is 7.11 Å². The summed E-state index contributed by atoms with van der Waals surface area (Å²) in [5.74, 6) is -1.27. The first kappa shape index (κ1) is 28.8. The summed E-state index contributed by atoms with van der Waals surface area (Å²) >= 11 is 0. The maximum Gasteiger partial charge on any atom is 0.305 e. The number of allylic oxidation sites excluding steroid dienone is 8. The molecule has 0 amide bonds. The Hall–Kier alpha value is -3.22. The molecule has 7 nitrogen and oxygen atoms in total. The van der Waals surface area contributed by atoms with Crippen LogP contribution in [-0.4, -0.2) is 43.0 Å². The van der Waals surface area contributed by atoms with Gasteiger partial charge in [0.1, 0.15) is 0 Å². The third kappa shape index (κ3) is 16.6. The lowest BCUT2D eigenvalue weighted by atomic mass is 10.1. The van der Waals surface area contributed by atoms with Crippen molar-refractivity contribution in [1.82, 2.24) is 0 Å². The zero-order valence-corrected chi connectivity index (χ0v) is 19.3. The molecule has 0 spiro atoms. The van der Waals surface area contributed by atoms with E-state index in [2.05, 4.69) is 4.74 Å². The number of unbranched alkanes of at least 4 members (excludes halogenated alkanes) is 1. The summed E-state index contributed by atoms with van der Waals surface area (Å²) in [4.78, 5) is 45.3. The van der Waals surface area contributed by atoms with E-state index in [4.69, 9.17) is 9.47 Å². The molecule has 0 N–H and O–H groups in total. The van der Waals surface area contributed by atoms with Crippen molar-refractivity contribution in [3.63, 3.8) is 0 Å². The molecule has 0 unspecified atom stereocenters. The maximum atomic E-state index is 11.5. The molecular formula is C25H34O7. The van der Waals surface area contributed by atoms with Crippen LogP contribution in [0, 0.1) is 0 Å². The monoisotopic (exact) mass is 446 g/mol. The summed E-state index contributed by atoms with van der Waals surface area (Å²) in [6, 6.07) is 0. The molecule has 0 heterocycles. The summed E-state index contributed by atoms with van der Waals surface area (Å²) in [7, 11) is 1.38. The third-order valence-corrected chi connectivity index (χ3v) is 3.94. The predicted octanol–water partition coefficient (Wildman–Crippen LogP) is 4.34. The molecule has 0 aliphatic carbocycles.